The lowest BCUT2D eigenvalue weighted by atomic mass is 9.94. The molecule has 1 atom stereocenters. The van der Waals surface area contributed by atoms with Crippen LogP contribution in [0.25, 0.3) is 0 Å². The van der Waals surface area contributed by atoms with Crippen LogP contribution in [0.3, 0.4) is 0 Å². The predicted octanol–water partition coefficient (Wildman–Crippen LogP) is 5.20. The molecular weight excluding hydrogens is 453 g/mol. The number of aromatic hydroxyl groups is 1. The van der Waals surface area contributed by atoms with Crippen LogP contribution in [0.15, 0.2) is 42.5 Å². The number of hydrogen-bond acceptors (Lipinski definition) is 5. The molecule has 184 valence electrons. The molecule has 0 bridgehead atoms. The number of phenols is 1. The lowest BCUT2D eigenvalue weighted by Gasteiger charge is -2.33. The second-order valence-corrected chi connectivity index (χ2v) is 8.23. The molecule has 10 heteroatoms. The van der Waals surface area contributed by atoms with Gasteiger partial charge in [0, 0.05) is 18.2 Å². The van der Waals surface area contributed by atoms with E-state index >= 15 is 0 Å². The molecule has 1 aliphatic rings. The summed E-state index contributed by atoms with van der Waals surface area (Å²) in [5.41, 5.74) is -0.921. The van der Waals surface area contributed by atoms with Crippen LogP contribution in [0.4, 0.5) is 18.9 Å². The summed E-state index contributed by atoms with van der Waals surface area (Å²) >= 11 is 0. The first kappa shape index (κ1) is 25.4. The monoisotopic (exact) mass is 480 g/mol. The summed E-state index contributed by atoms with van der Waals surface area (Å²) in [5, 5.41) is 21.9. The van der Waals surface area contributed by atoms with Crippen molar-refractivity contribution in [2.75, 3.05) is 4.90 Å². The van der Waals surface area contributed by atoms with Gasteiger partial charge in [0.2, 0.25) is 17.6 Å². The summed E-state index contributed by atoms with van der Waals surface area (Å²) < 4.78 is 40.2. The van der Waals surface area contributed by atoms with Crippen molar-refractivity contribution in [3.63, 3.8) is 0 Å². The van der Waals surface area contributed by atoms with Crippen molar-refractivity contribution in [1.29, 1.82) is 0 Å². The van der Waals surface area contributed by atoms with E-state index in [9.17, 15) is 27.9 Å². The van der Waals surface area contributed by atoms with Gasteiger partial charge in [-0.15, -0.1) is 0 Å². The van der Waals surface area contributed by atoms with E-state index in [2.05, 4.69) is 10.2 Å². The molecule has 1 aliphatic carbocycles. The van der Waals surface area contributed by atoms with E-state index in [-0.39, 0.29) is 29.5 Å². The van der Waals surface area contributed by atoms with Crippen LogP contribution in [0.2, 0.25) is 0 Å². The van der Waals surface area contributed by atoms with E-state index in [0.29, 0.717) is 0 Å². The van der Waals surface area contributed by atoms with Gasteiger partial charge in [-0.2, -0.15) is 13.2 Å². The SMILES string of the molecule is CCC(=O)N(c1cccc(C(F)(F)F)c1)C(C(=O)NC1CCCCC1)c1ccc(O)c(OO)c1. The minimum absolute atomic E-state index is 0.0785. The fourth-order valence-corrected chi connectivity index (χ4v) is 4.16. The van der Waals surface area contributed by atoms with Crippen LogP contribution >= 0.6 is 0 Å². The molecule has 1 unspecified atom stereocenters. The number of benzene rings is 2. The number of rotatable bonds is 7. The Kier molecular flexibility index (Phi) is 8.03. The maximum absolute atomic E-state index is 13.5. The van der Waals surface area contributed by atoms with E-state index < -0.39 is 35.3 Å². The maximum atomic E-state index is 13.5. The molecule has 3 N–H and O–H groups in total. The third kappa shape index (κ3) is 5.80. The minimum atomic E-state index is -4.65. The Morgan fingerprint density at radius 1 is 1.15 bits per heavy atom. The zero-order chi connectivity index (χ0) is 24.9. The van der Waals surface area contributed by atoms with Crippen molar-refractivity contribution < 1.29 is 38.0 Å². The van der Waals surface area contributed by atoms with E-state index in [1.54, 1.807) is 0 Å². The minimum Gasteiger partial charge on any atom is -0.504 e. The Labute approximate surface area is 195 Å². The third-order valence-corrected chi connectivity index (χ3v) is 5.88. The van der Waals surface area contributed by atoms with Crippen LogP contribution in [-0.4, -0.2) is 28.2 Å². The van der Waals surface area contributed by atoms with E-state index in [1.807, 2.05) is 0 Å². The first-order valence-electron chi connectivity index (χ1n) is 11.1. The molecule has 1 fully saturated rings. The number of carbonyl (C=O) groups is 2. The van der Waals surface area contributed by atoms with E-state index in [0.717, 1.165) is 49.1 Å². The molecule has 0 heterocycles. The van der Waals surface area contributed by atoms with Gasteiger partial charge < -0.3 is 15.3 Å². The maximum Gasteiger partial charge on any atom is 0.416 e. The van der Waals surface area contributed by atoms with Gasteiger partial charge in [-0.3, -0.25) is 14.5 Å². The molecule has 2 aromatic rings. The Hall–Kier alpha value is -3.27. The van der Waals surface area contributed by atoms with Crippen molar-refractivity contribution >= 4 is 17.5 Å². The Balaban J connectivity index is 2.12. The first-order chi connectivity index (χ1) is 16.2. The molecule has 7 nitrogen and oxygen atoms in total. The number of amides is 2. The third-order valence-electron chi connectivity index (χ3n) is 5.88. The standard InChI is InChI=1S/C24H27F3N2O5/c1-2-21(31)29(18-10-6-7-16(14-18)24(25,26)27)22(15-11-12-19(30)20(13-15)34-33)23(32)28-17-8-4-3-5-9-17/h6-7,10-14,17,22,30,33H,2-5,8-9H2,1H3,(H,28,32). The highest BCUT2D eigenvalue weighted by Gasteiger charge is 2.36. The molecular formula is C24H27F3N2O5. The molecule has 34 heavy (non-hydrogen) atoms. The van der Waals surface area contributed by atoms with Gasteiger partial charge in [0.1, 0.15) is 6.04 Å². The molecule has 0 spiro atoms. The fraction of sp³-hybridized carbons (Fsp3) is 0.417. The number of nitrogens with one attached hydrogen (secondary N) is 1. The van der Waals surface area contributed by atoms with Gasteiger partial charge in [-0.1, -0.05) is 38.3 Å². The van der Waals surface area contributed by atoms with Gasteiger partial charge in [-0.05, 0) is 48.7 Å². The summed E-state index contributed by atoms with van der Waals surface area (Å²) in [7, 11) is 0. The highest BCUT2D eigenvalue weighted by atomic mass is 19.4. The van der Waals surface area contributed by atoms with Gasteiger partial charge in [-0.25, -0.2) is 5.26 Å². The summed E-state index contributed by atoms with van der Waals surface area (Å²) in [6.07, 6.45) is -0.298. The number of carbonyl (C=O) groups excluding carboxylic acids is 2. The Morgan fingerprint density at radius 3 is 2.47 bits per heavy atom. The number of nitrogens with zero attached hydrogens (tertiary/aromatic N) is 1. The fourth-order valence-electron chi connectivity index (χ4n) is 4.16. The van der Waals surface area contributed by atoms with E-state index in [4.69, 9.17) is 5.26 Å². The molecule has 0 saturated heterocycles. The van der Waals surface area contributed by atoms with Crippen LogP contribution < -0.4 is 15.1 Å². The van der Waals surface area contributed by atoms with Gasteiger partial charge in [0.25, 0.3) is 0 Å². The summed E-state index contributed by atoms with van der Waals surface area (Å²) in [6, 6.07) is 6.39. The highest BCUT2D eigenvalue weighted by molar-refractivity contribution is 6.01. The van der Waals surface area contributed by atoms with Crippen LogP contribution in [-0.2, 0) is 15.8 Å². The molecule has 1 saturated carbocycles. The van der Waals surface area contributed by atoms with Gasteiger partial charge >= 0.3 is 6.18 Å². The summed E-state index contributed by atoms with van der Waals surface area (Å²) in [6.45, 7) is 1.54. The second kappa shape index (κ2) is 10.8. The Bertz CT molecular complexity index is 1020. The van der Waals surface area contributed by atoms with Crippen molar-refractivity contribution in [2.45, 2.75) is 63.7 Å². The predicted molar refractivity (Wildman–Crippen MR) is 118 cm³/mol. The molecule has 2 amide bonds. The molecule has 2 aromatic carbocycles. The first-order valence-corrected chi connectivity index (χ1v) is 11.1. The average Bonchev–Trinajstić information content (AvgIpc) is 2.82. The topological polar surface area (TPSA) is 99.1 Å². The van der Waals surface area contributed by atoms with E-state index in [1.165, 1.54) is 37.3 Å². The molecule has 0 aliphatic heterocycles. The summed E-state index contributed by atoms with van der Waals surface area (Å²) in [5.74, 6) is -1.94. The lowest BCUT2D eigenvalue weighted by Crippen LogP contribution is -2.47. The smallest absolute Gasteiger partial charge is 0.416 e. The van der Waals surface area contributed by atoms with Crippen LogP contribution in [0.1, 0.15) is 62.6 Å². The highest BCUT2D eigenvalue weighted by Crippen LogP contribution is 2.37. The van der Waals surface area contributed by atoms with Crippen molar-refractivity contribution in [2.24, 2.45) is 0 Å². The Morgan fingerprint density at radius 2 is 1.85 bits per heavy atom. The van der Waals surface area contributed by atoms with Crippen molar-refractivity contribution in [1.82, 2.24) is 5.32 Å². The zero-order valence-corrected chi connectivity index (χ0v) is 18.6. The van der Waals surface area contributed by atoms with Gasteiger partial charge in [0.15, 0.2) is 5.75 Å². The van der Waals surface area contributed by atoms with Crippen molar-refractivity contribution in [3.8, 4) is 11.5 Å². The number of alkyl halides is 3. The largest absolute Gasteiger partial charge is 0.504 e. The molecule has 3 rings (SSSR count). The van der Waals surface area contributed by atoms with Crippen LogP contribution in [0.5, 0.6) is 11.5 Å². The number of halogens is 3. The zero-order valence-electron chi connectivity index (χ0n) is 18.6. The van der Waals surface area contributed by atoms with Gasteiger partial charge in [0.05, 0.1) is 5.56 Å². The number of phenolic OH excluding ortho intramolecular Hbond substituents is 1. The number of anilines is 1. The number of hydrogen-bond donors (Lipinski definition) is 3. The average molecular weight is 480 g/mol. The second-order valence-electron chi connectivity index (χ2n) is 8.23. The quantitative estimate of drug-likeness (QED) is 0.374. The molecule has 0 aromatic heterocycles. The molecule has 0 radical (unpaired) electrons. The lowest BCUT2D eigenvalue weighted by molar-refractivity contribution is -0.139. The van der Waals surface area contributed by atoms with Crippen LogP contribution in [0, 0.1) is 0 Å². The normalized spacial score (nSPS) is 15.4. The summed E-state index contributed by atoms with van der Waals surface area (Å²) in [4.78, 5) is 31.7. The van der Waals surface area contributed by atoms with Crippen molar-refractivity contribution in [3.05, 3.63) is 53.6 Å².